The van der Waals surface area contributed by atoms with E-state index in [2.05, 4.69) is 9.05 Å². The Labute approximate surface area is 76.7 Å². The minimum atomic E-state index is -4.05. The maximum atomic E-state index is 10.9. The Bertz CT molecular complexity index is 173. The van der Waals surface area contributed by atoms with E-state index in [1.165, 1.54) is 0 Å². The maximum absolute atomic E-state index is 10.9. The summed E-state index contributed by atoms with van der Waals surface area (Å²) < 4.78 is 19.7. The van der Waals surface area contributed by atoms with E-state index >= 15 is 0 Å². The summed E-state index contributed by atoms with van der Waals surface area (Å²) in [7, 11) is -4.05. The Morgan fingerprint density at radius 3 is 2.54 bits per heavy atom. The zero-order chi connectivity index (χ0) is 10.3. The van der Waals surface area contributed by atoms with E-state index in [4.69, 9.17) is 15.1 Å². The van der Waals surface area contributed by atoms with Gasteiger partial charge in [0.1, 0.15) is 6.10 Å². The highest BCUT2D eigenvalue weighted by atomic mass is 31.2. The molecule has 0 aromatic heterocycles. The van der Waals surface area contributed by atoms with Crippen molar-refractivity contribution in [2.75, 3.05) is 19.8 Å². The van der Waals surface area contributed by atoms with E-state index in [1.54, 1.807) is 6.92 Å². The molecule has 0 fully saturated rings. The highest BCUT2D eigenvalue weighted by Gasteiger charge is 2.21. The first-order valence-corrected chi connectivity index (χ1v) is 5.42. The molecule has 0 aliphatic carbocycles. The molecule has 0 aliphatic heterocycles. The van der Waals surface area contributed by atoms with E-state index < -0.39 is 27.1 Å². The lowest BCUT2D eigenvalue weighted by Crippen LogP contribution is -2.18. The predicted octanol–water partition coefficient (Wildman–Crippen LogP) is -0.117. The van der Waals surface area contributed by atoms with Gasteiger partial charge in [0.05, 0.1) is 19.8 Å². The predicted molar refractivity (Wildman–Crippen MR) is 45.1 cm³/mol. The normalized spacial score (nSPS) is 18.2. The zero-order valence-corrected chi connectivity index (χ0v) is 8.31. The fourth-order valence-corrected chi connectivity index (χ4v) is 1.33. The molecule has 1 unspecified atom stereocenters. The van der Waals surface area contributed by atoms with E-state index in [-0.39, 0.29) is 6.61 Å². The molecule has 0 bridgehead atoms. The van der Waals surface area contributed by atoms with Crippen LogP contribution in [-0.2, 0) is 13.6 Å². The Hall–Kier alpha value is 0.0300. The molecule has 13 heavy (non-hydrogen) atoms. The third kappa shape index (κ3) is 7.13. The van der Waals surface area contributed by atoms with Gasteiger partial charge in [0.25, 0.3) is 0 Å². The molecule has 0 aliphatic rings. The van der Waals surface area contributed by atoms with Gasteiger partial charge in [-0.25, -0.2) is 4.57 Å². The van der Waals surface area contributed by atoms with Crippen LogP contribution in [-0.4, -0.2) is 41.0 Å². The molecular formula is C6H15O6P. The van der Waals surface area contributed by atoms with Crippen LogP contribution < -0.4 is 0 Å². The van der Waals surface area contributed by atoms with Crippen LogP contribution in [0.15, 0.2) is 0 Å². The van der Waals surface area contributed by atoms with Gasteiger partial charge in [-0.05, 0) is 6.42 Å². The second-order valence-corrected chi connectivity index (χ2v) is 3.89. The van der Waals surface area contributed by atoms with Gasteiger partial charge in [-0.2, -0.15) is 0 Å². The topological polar surface area (TPSA) is 96.2 Å². The Morgan fingerprint density at radius 1 is 1.46 bits per heavy atom. The summed E-state index contributed by atoms with van der Waals surface area (Å²) in [6.07, 6.45) is -0.568. The van der Waals surface area contributed by atoms with Crippen LogP contribution >= 0.6 is 7.82 Å². The summed E-state index contributed by atoms with van der Waals surface area (Å²) in [5.41, 5.74) is 0. The van der Waals surface area contributed by atoms with Crippen molar-refractivity contribution in [1.82, 2.24) is 0 Å². The number of aliphatic hydroxyl groups is 2. The van der Waals surface area contributed by atoms with Gasteiger partial charge < -0.3 is 15.1 Å². The first kappa shape index (κ1) is 13.0. The van der Waals surface area contributed by atoms with Crippen LogP contribution in [0.2, 0.25) is 0 Å². The average molecular weight is 214 g/mol. The van der Waals surface area contributed by atoms with Gasteiger partial charge >= 0.3 is 7.82 Å². The largest absolute Gasteiger partial charge is 0.472 e. The third-order valence-electron chi connectivity index (χ3n) is 1.10. The molecule has 2 atom stereocenters. The summed E-state index contributed by atoms with van der Waals surface area (Å²) in [6.45, 7) is 0.952. The Kier molecular flexibility index (Phi) is 6.49. The van der Waals surface area contributed by atoms with Crippen LogP contribution in [0.1, 0.15) is 13.3 Å². The summed E-state index contributed by atoms with van der Waals surface area (Å²) in [4.78, 5) is 8.91. The lowest BCUT2D eigenvalue weighted by atomic mass is 10.4. The second-order valence-electron chi connectivity index (χ2n) is 2.43. The van der Waals surface area contributed by atoms with Crippen molar-refractivity contribution in [3.05, 3.63) is 0 Å². The summed E-state index contributed by atoms with van der Waals surface area (Å²) in [6, 6.07) is 0. The fourth-order valence-electron chi connectivity index (χ4n) is 0.477. The monoisotopic (exact) mass is 214 g/mol. The quantitative estimate of drug-likeness (QED) is 0.511. The van der Waals surface area contributed by atoms with Gasteiger partial charge in [-0.3, -0.25) is 9.05 Å². The van der Waals surface area contributed by atoms with Crippen molar-refractivity contribution in [3.63, 3.8) is 0 Å². The molecule has 0 rings (SSSR count). The van der Waals surface area contributed by atoms with Crippen molar-refractivity contribution in [1.29, 1.82) is 0 Å². The molecule has 80 valence electrons. The van der Waals surface area contributed by atoms with Crippen LogP contribution in [0.4, 0.5) is 0 Å². The second kappa shape index (κ2) is 6.48. The van der Waals surface area contributed by atoms with E-state index in [0.717, 1.165) is 0 Å². The number of rotatable bonds is 7. The molecule has 3 N–H and O–H groups in total. The maximum Gasteiger partial charge on any atom is 0.472 e. The van der Waals surface area contributed by atoms with Gasteiger partial charge in [0, 0.05) is 0 Å². The van der Waals surface area contributed by atoms with Crippen LogP contribution in [0, 0.1) is 0 Å². The highest BCUT2D eigenvalue weighted by molar-refractivity contribution is 7.47. The van der Waals surface area contributed by atoms with Crippen molar-refractivity contribution >= 4 is 7.82 Å². The Morgan fingerprint density at radius 2 is 2.08 bits per heavy atom. The molecule has 0 saturated carbocycles. The molecule has 0 saturated heterocycles. The van der Waals surface area contributed by atoms with Gasteiger partial charge in [0.2, 0.25) is 0 Å². The highest BCUT2D eigenvalue weighted by Crippen LogP contribution is 2.43. The zero-order valence-electron chi connectivity index (χ0n) is 7.42. The van der Waals surface area contributed by atoms with Crippen molar-refractivity contribution in [2.45, 2.75) is 19.4 Å². The van der Waals surface area contributed by atoms with Crippen LogP contribution in [0.3, 0.4) is 0 Å². The molecule has 0 heterocycles. The van der Waals surface area contributed by atoms with Crippen LogP contribution in [0.5, 0.6) is 0 Å². The van der Waals surface area contributed by atoms with Crippen molar-refractivity contribution in [2.24, 2.45) is 0 Å². The number of phosphoric acid groups is 1. The minimum absolute atomic E-state index is 0.114. The van der Waals surface area contributed by atoms with Crippen LogP contribution in [0.25, 0.3) is 0 Å². The van der Waals surface area contributed by atoms with Crippen molar-refractivity contribution < 1.29 is 28.7 Å². The average Bonchev–Trinajstić information content (AvgIpc) is 2.11. The van der Waals surface area contributed by atoms with E-state index in [1.807, 2.05) is 0 Å². The van der Waals surface area contributed by atoms with E-state index in [9.17, 15) is 4.57 Å². The number of hydrogen-bond donors (Lipinski definition) is 3. The smallest absolute Gasteiger partial charge is 0.394 e. The van der Waals surface area contributed by atoms with Gasteiger partial charge in [-0.15, -0.1) is 0 Å². The van der Waals surface area contributed by atoms with Gasteiger partial charge in [0.15, 0.2) is 0 Å². The molecule has 7 heteroatoms. The molecular weight excluding hydrogens is 199 g/mol. The molecule has 6 nitrogen and oxygen atoms in total. The number of aliphatic hydroxyl groups excluding tert-OH is 2. The SMILES string of the molecule is CCCOP(=O)(O)OC[C@@H](O)CO. The molecule has 0 radical (unpaired) electrons. The Balaban J connectivity index is 3.68. The standard InChI is InChI=1S/C6H15O6P/c1-2-3-11-13(9,10)12-5-6(8)4-7/h6-8H,2-5H2,1H3,(H,9,10)/t6-/m0/s1. The third-order valence-corrected chi connectivity index (χ3v) is 2.08. The number of hydrogen-bond acceptors (Lipinski definition) is 5. The molecule has 0 aromatic rings. The lowest BCUT2D eigenvalue weighted by Gasteiger charge is -2.13. The molecule has 0 spiro atoms. The fraction of sp³-hybridized carbons (Fsp3) is 1.00. The van der Waals surface area contributed by atoms with Gasteiger partial charge in [-0.1, -0.05) is 6.92 Å². The summed E-state index contributed by atoms with van der Waals surface area (Å²) in [5, 5.41) is 17.1. The number of phosphoric ester groups is 1. The van der Waals surface area contributed by atoms with E-state index in [0.29, 0.717) is 6.42 Å². The summed E-state index contributed by atoms with van der Waals surface area (Å²) >= 11 is 0. The minimum Gasteiger partial charge on any atom is -0.394 e. The molecule has 0 aromatic carbocycles. The van der Waals surface area contributed by atoms with Crippen molar-refractivity contribution in [3.8, 4) is 0 Å². The first-order valence-electron chi connectivity index (χ1n) is 3.92. The summed E-state index contributed by atoms with van der Waals surface area (Å²) in [5.74, 6) is 0. The lowest BCUT2D eigenvalue weighted by molar-refractivity contribution is 0.0363. The molecule has 0 amide bonds. The first-order chi connectivity index (χ1) is 6.02.